The lowest BCUT2D eigenvalue weighted by Crippen LogP contribution is -2.10. The molecule has 1 N–H and O–H groups in total. The van der Waals surface area contributed by atoms with Crippen LogP contribution in [0.5, 0.6) is 0 Å². The van der Waals surface area contributed by atoms with Crippen molar-refractivity contribution in [2.24, 2.45) is 0 Å². The molecule has 0 saturated heterocycles. The molecule has 5 nitrogen and oxygen atoms in total. The van der Waals surface area contributed by atoms with Crippen LogP contribution < -0.4 is 5.32 Å². The molecule has 2 rings (SSSR count). The number of aryl methyl sites for hydroxylation is 2. The molecule has 0 radical (unpaired) electrons. The Bertz CT molecular complexity index is 520. The van der Waals surface area contributed by atoms with Gasteiger partial charge in [0.2, 0.25) is 5.95 Å². The molecule has 0 bridgehead atoms. The van der Waals surface area contributed by atoms with Gasteiger partial charge in [-0.1, -0.05) is 0 Å². The van der Waals surface area contributed by atoms with Gasteiger partial charge in [-0.3, -0.25) is 0 Å². The summed E-state index contributed by atoms with van der Waals surface area (Å²) in [5.41, 5.74) is 1.02. The summed E-state index contributed by atoms with van der Waals surface area (Å²) >= 11 is 1.73. The highest BCUT2D eigenvalue weighted by Crippen LogP contribution is 2.16. The van der Waals surface area contributed by atoms with Gasteiger partial charge in [0, 0.05) is 37.5 Å². The Hall–Kier alpha value is -1.40. The third-order valence-corrected chi connectivity index (χ3v) is 3.60. The molecule has 0 aromatic carbocycles. The molecule has 2 aromatic rings. The molecule has 0 spiro atoms. The molecule has 2 heterocycles. The predicted octanol–water partition coefficient (Wildman–Crippen LogP) is 2.45. The van der Waals surface area contributed by atoms with Crippen LogP contribution in [0.4, 0.5) is 5.95 Å². The van der Waals surface area contributed by atoms with Crippen molar-refractivity contribution in [2.75, 3.05) is 25.6 Å². The molecule has 0 fully saturated rings. The minimum Gasteiger partial charge on any atom is -0.385 e. The van der Waals surface area contributed by atoms with Crippen LogP contribution in [0, 0.1) is 13.8 Å². The minimum absolute atomic E-state index is 0.765. The maximum absolute atomic E-state index is 5.04. The summed E-state index contributed by atoms with van der Waals surface area (Å²) in [6.07, 6.45) is 4.97. The van der Waals surface area contributed by atoms with Crippen molar-refractivity contribution in [1.82, 2.24) is 14.5 Å². The highest BCUT2D eigenvalue weighted by atomic mass is 32.1. The highest BCUT2D eigenvalue weighted by Gasteiger charge is 2.07. The Labute approximate surface area is 117 Å². The van der Waals surface area contributed by atoms with Crippen LogP contribution in [-0.4, -0.2) is 34.8 Å². The third-order valence-electron chi connectivity index (χ3n) is 2.70. The number of rotatable bonds is 7. The molecule has 0 saturated carbocycles. The number of aromatic nitrogens is 3. The zero-order valence-corrected chi connectivity index (χ0v) is 12.5. The van der Waals surface area contributed by atoms with Gasteiger partial charge in [0.1, 0.15) is 0 Å². The van der Waals surface area contributed by atoms with E-state index >= 15 is 0 Å². The average Bonchev–Trinajstić information content (AvgIpc) is 2.92. The fourth-order valence-corrected chi connectivity index (χ4v) is 2.67. The molecule has 0 aliphatic rings. The Balaban J connectivity index is 1.99. The molecule has 6 heteroatoms. The van der Waals surface area contributed by atoms with Crippen LogP contribution in [0.3, 0.4) is 0 Å². The van der Waals surface area contributed by atoms with Gasteiger partial charge < -0.3 is 14.6 Å². The first-order valence-electron chi connectivity index (χ1n) is 6.37. The predicted molar refractivity (Wildman–Crippen MR) is 77.9 cm³/mol. The van der Waals surface area contributed by atoms with Gasteiger partial charge in [0.05, 0.1) is 17.2 Å². The summed E-state index contributed by atoms with van der Waals surface area (Å²) in [5.74, 6) is 0.916. The number of nitrogens with zero attached hydrogens (tertiary/aromatic N) is 3. The van der Waals surface area contributed by atoms with Crippen molar-refractivity contribution >= 4 is 17.3 Å². The lowest BCUT2D eigenvalue weighted by Gasteiger charge is -2.08. The van der Waals surface area contributed by atoms with Crippen LogP contribution in [0.15, 0.2) is 12.4 Å². The molecule has 104 valence electrons. The van der Waals surface area contributed by atoms with E-state index in [0.29, 0.717) is 0 Å². The second kappa shape index (κ2) is 6.68. The van der Waals surface area contributed by atoms with Crippen LogP contribution in [-0.2, 0) is 11.3 Å². The molecule has 0 amide bonds. The van der Waals surface area contributed by atoms with Crippen LogP contribution in [0.25, 0.3) is 0 Å². The fraction of sp³-hybridized carbons (Fsp3) is 0.538. The second-order valence-corrected chi connectivity index (χ2v) is 5.77. The molecule has 0 atom stereocenters. The van der Waals surface area contributed by atoms with Gasteiger partial charge >= 0.3 is 0 Å². The van der Waals surface area contributed by atoms with Crippen molar-refractivity contribution < 1.29 is 4.74 Å². The summed E-state index contributed by atoms with van der Waals surface area (Å²) in [6.45, 7) is 6.48. The van der Waals surface area contributed by atoms with E-state index < -0.39 is 0 Å². The zero-order chi connectivity index (χ0) is 13.7. The summed E-state index contributed by atoms with van der Waals surface area (Å²) in [7, 11) is 1.72. The Morgan fingerprint density at radius 2 is 2.26 bits per heavy atom. The number of nitrogens with one attached hydrogen (secondary N) is 1. The number of methoxy groups -OCH3 is 1. The fourth-order valence-electron chi connectivity index (χ4n) is 1.87. The van der Waals surface area contributed by atoms with E-state index in [1.165, 1.54) is 4.88 Å². The lowest BCUT2D eigenvalue weighted by molar-refractivity contribution is 0.197. The van der Waals surface area contributed by atoms with Crippen molar-refractivity contribution in [3.8, 4) is 0 Å². The largest absolute Gasteiger partial charge is 0.385 e. The average molecular weight is 280 g/mol. The monoisotopic (exact) mass is 280 g/mol. The van der Waals surface area contributed by atoms with Crippen molar-refractivity contribution in [2.45, 2.75) is 26.8 Å². The number of thiazole rings is 1. The van der Waals surface area contributed by atoms with Crippen LogP contribution in [0.2, 0.25) is 0 Å². The second-order valence-electron chi connectivity index (χ2n) is 4.45. The van der Waals surface area contributed by atoms with Gasteiger partial charge in [0.25, 0.3) is 0 Å². The van der Waals surface area contributed by atoms with E-state index in [9.17, 15) is 0 Å². The Morgan fingerprint density at radius 1 is 1.42 bits per heavy atom. The summed E-state index contributed by atoms with van der Waals surface area (Å²) in [6, 6.07) is 0. The maximum Gasteiger partial charge on any atom is 0.203 e. The van der Waals surface area contributed by atoms with Crippen LogP contribution in [0.1, 0.15) is 22.0 Å². The topological polar surface area (TPSA) is 52.0 Å². The molecular weight excluding hydrogens is 260 g/mol. The van der Waals surface area contributed by atoms with Gasteiger partial charge in [0.15, 0.2) is 0 Å². The summed E-state index contributed by atoms with van der Waals surface area (Å²) < 4.78 is 7.17. The number of imidazole rings is 1. The summed E-state index contributed by atoms with van der Waals surface area (Å²) in [4.78, 5) is 10.0. The normalized spacial score (nSPS) is 10.9. The van der Waals surface area contributed by atoms with E-state index in [2.05, 4.69) is 26.0 Å². The van der Waals surface area contributed by atoms with Crippen molar-refractivity contribution in [3.05, 3.63) is 28.0 Å². The van der Waals surface area contributed by atoms with Crippen molar-refractivity contribution in [1.29, 1.82) is 0 Å². The first-order valence-corrected chi connectivity index (χ1v) is 7.18. The first kappa shape index (κ1) is 14.0. The smallest absolute Gasteiger partial charge is 0.203 e. The van der Waals surface area contributed by atoms with Crippen LogP contribution >= 0.6 is 11.3 Å². The number of hydrogen-bond acceptors (Lipinski definition) is 5. The van der Waals surface area contributed by atoms with Gasteiger partial charge in [-0.2, -0.15) is 0 Å². The summed E-state index contributed by atoms with van der Waals surface area (Å²) in [5, 5.41) is 4.45. The van der Waals surface area contributed by atoms with E-state index in [1.807, 2.05) is 20.0 Å². The molecular formula is C13H20N4OS. The lowest BCUT2D eigenvalue weighted by atomic mass is 10.4. The SMILES string of the molecule is COCCCNc1nc(C)cn1Cc1cnc(C)s1. The number of hydrogen-bond donors (Lipinski definition) is 1. The van der Waals surface area contributed by atoms with E-state index in [0.717, 1.165) is 42.8 Å². The standard InChI is InChI=1S/C13H20N4OS/c1-10-8-17(9-12-7-15-11(2)19-12)13(16-10)14-5-4-6-18-3/h7-8H,4-6,9H2,1-3H3,(H,14,16). The zero-order valence-electron chi connectivity index (χ0n) is 11.6. The number of ether oxygens (including phenoxy) is 1. The van der Waals surface area contributed by atoms with E-state index in [1.54, 1.807) is 18.4 Å². The quantitative estimate of drug-likeness (QED) is 0.792. The minimum atomic E-state index is 0.765. The first-order chi connectivity index (χ1) is 9.19. The molecule has 2 aromatic heterocycles. The number of anilines is 1. The molecule has 0 aliphatic heterocycles. The van der Waals surface area contributed by atoms with E-state index in [4.69, 9.17) is 4.74 Å². The molecule has 19 heavy (non-hydrogen) atoms. The molecule has 0 aliphatic carbocycles. The Kier molecular flexibility index (Phi) is 4.93. The Morgan fingerprint density at radius 3 is 2.95 bits per heavy atom. The third kappa shape index (κ3) is 4.04. The maximum atomic E-state index is 5.04. The molecule has 0 unspecified atom stereocenters. The van der Waals surface area contributed by atoms with E-state index in [-0.39, 0.29) is 0 Å². The van der Waals surface area contributed by atoms with Crippen molar-refractivity contribution in [3.63, 3.8) is 0 Å². The van der Waals surface area contributed by atoms with Gasteiger partial charge in [-0.05, 0) is 20.3 Å². The van der Waals surface area contributed by atoms with Gasteiger partial charge in [-0.25, -0.2) is 9.97 Å². The van der Waals surface area contributed by atoms with Gasteiger partial charge in [-0.15, -0.1) is 11.3 Å². The highest BCUT2D eigenvalue weighted by molar-refractivity contribution is 7.11.